The summed E-state index contributed by atoms with van der Waals surface area (Å²) in [6, 6.07) is 11.5. The van der Waals surface area contributed by atoms with Gasteiger partial charge in [-0.3, -0.25) is 4.79 Å². The molecule has 1 fully saturated rings. The van der Waals surface area contributed by atoms with Gasteiger partial charge in [-0.25, -0.2) is 4.79 Å². The van der Waals surface area contributed by atoms with Crippen LogP contribution in [0.1, 0.15) is 51.5 Å². The number of carbonyl (C=O) groups excluding carboxylic acids is 1. The summed E-state index contributed by atoms with van der Waals surface area (Å²) in [6.45, 7) is 3.09. The van der Waals surface area contributed by atoms with Gasteiger partial charge in [0.1, 0.15) is 11.3 Å². The highest BCUT2D eigenvalue weighted by Crippen LogP contribution is 2.28. The molecular weight excluding hydrogens is 294 g/mol. The quantitative estimate of drug-likeness (QED) is 0.941. The molecule has 1 atom stereocenters. The van der Waals surface area contributed by atoms with Crippen LogP contribution in [0.5, 0.6) is 0 Å². The van der Waals surface area contributed by atoms with Gasteiger partial charge >= 0.3 is 5.97 Å². The summed E-state index contributed by atoms with van der Waals surface area (Å²) < 4.78 is 5.47. The number of aryl methyl sites for hydroxylation is 1. The Kier molecular flexibility index (Phi) is 4.19. The van der Waals surface area contributed by atoms with E-state index in [9.17, 15) is 9.59 Å². The molecule has 0 spiro atoms. The van der Waals surface area contributed by atoms with E-state index in [4.69, 9.17) is 9.52 Å². The highest BCUT2D eigenvalue weighted by Gasteiger charge is 2.30. The molecule has 1 N–H and O–H groups in total. The average Bonchev–Trinajstić information content (AvgIpc) is 3.22. The van der Waals surface area contributed by atoms with Crippen molar-refractivity contribution < 1.29 is 19.1 Å². The van der Waals surface area contributed by atoms with Crippen molar-refractivity contribution in [2.45, 2.75) is 25.7 Å². The van der Waals surface area contributed by atoms with E-state index in [0.29, 0.717) is 31.2 Å². The Bertz CT molecular complexity index is 720. The normalized spacial score (nSPS) is 17.4. The lowest BCUT2D eigenvalue weighted by atomic mass is 9.99. The lowest BCUT2D eigenvalue weighted by Crippen LogP contribution is -2.28. The highest BCUT2D eigenvalue weighted by molar-refractivity contribution is 5.96. The van der Waals surface area contributed by atoms with Crippen LogP contribution in [-0.2, 0) is 6.42 Å². The molecule has 23 heavy (non-hydrogen) atoms. The smallest absolute Gasteiger partial charge is 0.339 e. The number of carbonyl (C=O) groups is 2. The van der Waals surface area contributed by atoms with E-state index >= 15 is 0 Å². The first kappa shape index (κ1) is 15.3. The fraction of sp³-hybridized carbons (Fsp3) is 0.333. The zero-order chi connectivity index (χ0) is 16.4. The van der Waals surface area contributed by atoms with E-state index < -0.39 is 5.97 Å². The fourth-order valence-electron chi connectivity index (χ4n) is 3.08. The van der Waals surface area contributed by atoms with Crippen LogP contribution in [0.3, 0.4) is 0 Å². The van der Waals surface area contributed by atoms with Gasteiger partial charge in [0.15, 0.2) is 5.76 Å². The zero-order valence-corrected chi connectivity index (χ0v) is 13.0. The molecule has 3 rings (SSSR count). The summed E-state index contributed by atoms with van der Waals surface area (Å²) in [4.78, 5) is 25.5. The van der Waals surface area contributed by atoms with Gasteiger partial charge in [-0.1, -0.05) is 37.3 Å². The van der Waals surface area contributed by atoms with E-state index in [-0.39, 0.29) is 17.2 Å². The molecule has 1 aromatic heterocycles. The number of hydrogen-bond donors (Lipinski definition) is 1. The predicted molar refractivity (Wildman–Crippen MR) is 84.7 cm³/mol. The van der Waals surface area contributed by atoms with Crippen LogP contribution in [0.15, 0.2) is 40.8 Å². The first-order chi connectivity index (χ1) is 11.1. The SMILES string of the molecule is CCc1oc(C(=O)N2CC[C@@H](c3ccccc3)C2)cc1C(=O)O. The molecule has 1 aromatic carbocycles. The third-order valence-electron chi connectivity index (χ3n) is 4.32. The average molecular weight is 313 g/mol. The van der Waals surface area contributed by atoms with Crippen LogP contribution in [0.2, 0.25) is 0 Å². The molecule has 1 aliphatic heterocycles. The molecule has 1 saturated heterocycles. The molecular formula is C18H19NO4. The summed E-state index contributed by atoms with van der Waals surface area (Å²) in [6.07, 6.45) is 1.35. The second kappa shape index (κ2) is 6.28. The summed E-state index contributed by atoms with van der Waals surface area (Å²) in [5.41, 5.74) is 1.30. The maximum atomic E-state index is 12.6. The van der Waals surface area contributed by atoms with E-state index in [2.05, 4.69) is 12.1 Å². The van der Waals surface area contributed by atoms with Crippen molar-refractivity contribution in [3.63, 3.8) is 0 Å². The van der Waals surface area contributed by atoms with E-state index in [1.165, 1.54) is 11.6 Å². The molecule has 2 aromatic rings. The molecule has 0 bridgehead atoms. The Hall–Kier alpha value is -2.56. The maximum Gasteiger partial charge on any atom is 0.339 e. The second-order valence-electron chi connectivity index (χ2n) is 5.75. The third-order valence-corrected chi connectivity index (χ3v) is 4.32. The van der Waals surface area contributed by atoms with E-state index in [1.54, 1.807) is 11.8 Å². The lowest BCUT2D eigenvalue weighted by molar-refractivity contribution is 0.0693. The summed E-state index contributed by atoms with van der Waals surface area (Å²) in [5, 5.41) is 9.16. The Labute approximate surface area is 134 Å². The zero-order valence-electron chi connectivity index (χ0n) is 13.0. The number of rotatable bonds is 4. The van der Waals surface area contributed by atoms with Gasteiger partial charge in [0.05, 0.1) is 0 Å². The van der Waals surface area contributed by atoms with Crippen molar-refractivity contribution in [3.05, 3.63) is 59.0 Å². The van der Waals surface area contributed by atoms with E-state index in [0.717, 1.165) is 6.42 Å². The molecule has 5 heteroatoms. The minimum Gasteiger partial charge on any atom is -0.478 e. The van der Waals surface area contributed by atoms with Gasteiger partial charge in [-0.15, -0.1) is 0 Å². The molecule has 2 heterocycles. The number of amides is 1. The summed E-state index contributed by atoms with van der Waals surface area (Å²) in [5.74, 6) is -0.508. The topological polar surface area (TPSA) is 70.8 Å². The predicted octanol–water partition coefficient (Wildman–Crippen LogP) is 3.17. The van der Waals surface area contributed by atoms with E-state index in [1.807, 2.05) is 18.2 Å². The van der Waals surface area contributed by atoms with Crippen molar-refractivity contribution in [2.24, 2.45) is 0 Å². The Balaban J connectivity index is 1.76. The number of hydrogen-bond acceptors (Lipinski definition) is 3. The van der Waals surface area contributed by atoms with Gasteiger partial charge in [-0.2, -0.15) is 0 Å². The Morgan fingerprint density at radius 1 is 1.30 bits per heavy atom. The minimum atomic E-state index is -1.06. The minimum absolute atomic E-state index is 0.0784. The van der Waals surface area contributed by atoms with Gasteiger partial charge in [0, 0.05) is 31.5 Å². The summed E-state index contributed by atoms with van der Waals surface area (Å²) in [7, 11) is 0. The molecule has 120 valence electrons. The first-order valence-corrected chi connectivity index (χ1v) is 7.80. The molecule has 5 nitrogen and oxygen atoms in total. The van der Waals surface area contributed by atoms with Gasteiger partial charge < -0.3 is 14.4 Å². The number of benzene rings is 1. The van der Waals surface area contributed by atoms with Crippen molar-refractivity contribution in [1.82, 2.24) is 4.90 Å². The van der Waals surface area contributed by atoms with Crippen LogP contribution in [0, 0.1) is 0 Å². The van der Waals surface area contributed by atoms with Crippen molar-refractivity contribution in [1.29, 1.82) is 0 Å². The van der Waals surface area contributed by atoms with Crippen LogP contribution in [0.25, 0.3) is 0 Å². The molecule has 1 amide bonds. The molecule has 0 aliphatic carbocycles. The van der Waals surface area contributed by atoms with Gasteiger partial charge in [0.2, 0.25) is 0 Å². The Morgan fingerprint density at radius 2 is 2.04 bits per heavy atom. The van der Waals surface area contributed by atoms with Crippen molar-refractivity contribution in [3.8, 4) is 0 Å². The van der Waals surface area contributed by atoms with Crippen LogP contribution in [0.4, 0.5) is 0 Å². The fourth-order valence-corrected chi connectivity index (χ4v) is 3.08. The second-order valence-corrected chi connectivity index (χ2v) is 5.75. The third kappa shape index (κ3) is 2.99. The highest BCUT2D eigenvalue weighted by atomic mass is 16.4. The maximum absolute atomic E-state index is 12.6. The van der Waals surface area contributed by atoms with Crippen molar-refractivity contribution in [2.75, 3.05) is 13.1 Å². The largest absolute Gasteiger partial charge is 0.478 e. The molecule has 0 radical (unpaired) electrons. The standard InChI is InChI=1S/C18H19NO4/c1-2-15-14(18(21)22)10-16(23-15)17(20)19-9-8-13(11-19)12-6-4-3-5-7-12/h3-7,10,13H,2,8-9,11H2,1H3,(H,21,22)/t13-/m1/s1. The molecule has 0 saturated carbocycles. The number of carboxylic acid groups (broad SMARTS) is 1. The number of aromatic carboxylic acids is 1. The van der Waals surface area contributed by atoms with Gasteiger partial charge in [0.25, 0.3) is 5.91 Å². The number of likely N-dealkylation sites (tertiary alicyclic amines) is 1. The number of furan rings is 1. The molecule has 1 aliphatic rings. The monoisotopic (exact) mass is 313 g/mol. The van der Waals surface area contributed by atoms with Crippen LogP contribution >= 0.6 is 0 Å². The summed E-state index contributed by atoms with van der Waals surface area (Å²) >= 11 is 0. The van der Waals surface area contributed by atoms with Crippen molar-refractivity contribution >= 4 is 11.9 Å². The Morgan fingerprint density at radius 3 is 2.65 bits per heavy atom. The number of nitrogens with zero attached hydrogens (tertiary/aromatic N) is 1. The van der Waals surface area contributed by atoms with Gasteiger partial charge in [-0.05, 0) is 12.0 Å². The lowest BCUT2D eigenvalue weighted by Gasteiger charge is -2.15. The van der Waals surface area contributed by atoms with Crippen LogP contribution < -0.4 is 0 Å². The molecule has 0 unspecified atom stereocenters. The first-order valence-electron chi connectivity index (χ1n) is 7.80. The number of carboxylic acids is 1. The van der Waals surface area contributed by atoms with Crippen LogP contribution in [-0.4, -0.2) is 35.0 Å².